The van der Waals surface area contributed by atoms with Crippen molar-refractivity contribution in [2.75, 3.05) is 4.90 Å². The minimum absolute atomic E-state index is 0.00125. The topological polar surface area (TPSA) is 84.2 Å². The van der Waals surface area contributed by atoms with Crippen molar-refractivity contribution in [1.82, 2.24) is 24.9 Å². The lowest BCUT2D eigenvalue weighted by Gasteiger charge is -2.33. The molecule has 0 spiro atoms. The van der Waals surface area contributed by atoms with Crippen LogP contribution in [-0.2, 0) is 22.7 Å². The van der Waals surface area contributed by atoms with Gasteiger partial charge < -0.3 is 9.80 Å². The third kappa shape index (κ3) is 3.99. The van der Waals surface area contributed by atoms with Crippen LogP contribution < -0.4 is 4.90 Å². The first-order valence-electron chi connectivity index (χ1n) is 12.1. The lowest BCUT2D eigenvalue weighted by molar-refractivity contribution is -0.140. The first-order valence-corrected chi connectivity index (χ1v) is 13.0. The minimum Gasteiger partial charge on any atom is -0.318 e. The second-order valence-corrected chi connectivity index (χ2v) is 10.1. The van der Waals surface area contributed by atoms with Gasteiger partial charge in [-0.15, -0.1) is 16.4 Å². The van der Waals surface area contributed by atoms with Crippen molar-refractivity contribution in [3.05, 3.63) is 70.7 Å². The molecule has 1 atom stereocenters. The Morgan fingerprint density at radius 3 is 2.69 bits per heavy atom. The Kier molecular flexibility index (Phi) is 5.77. The summed E-state index contributed by atoms with van der Waals surface area (Å²) in [4.78, 5) is 35.9. The van der Waals surface area contributed by atoms with Crippen molar-refractivity contribution < 1.29 is 9.59 Å². The molecule has 178 valence electrons. The fourth-order valence-corrected chi connectivity index (χ4v) is 6.01. The Morgan fingerprint density at radius 1 is 1.06 bits per heavy atom. The molecule has 1 unspecified atom stereocenters. The number of rotatable bonds is 6. The second kappa shape index (κ2) is 9.22. The van der Waals surface area contributed by atoms with E-state index in [1.54, 1.807) is 15.8 Å². The van der Waals surface area contributed by atoms with Gasteiger partial charge in [-0.05, 0) is 31.0 Å². The molecule has 2 aromatic heterocycles. The van der Waals surface area contributed by atoms with Gasteiger partial charge in [0.1, 0.15) is 23.1 Å². The Hall–Kier alpha value is -3.59. The normalized spacial score (nSPS) is 18.2. The molecule has 1 fully saturated rings. The number of aromatic nitrogens is 4. The zero-order valence-electron chi connectivity index (χ0n) is 19.3. The molecule has 2 aliphatic rings. The lowest BCUT2D eigenvalue weighted by atomic mass is 9.94. The number of carbonyl (C=O) groups excluding carboxylic acids is 2. The van der Waals surface area contributed by atoms with Crippen LogP contribution in [0.3, 0.4) is 0 Å². The number of fused-ring (bicyclic) bond motifs is 2. The van der Waals surface area contributed by atoms with E-state index in [1.165, 1.54) is 17.8 Å². The number of hydrogen-bond donors (Lipinski definition) is 0. The molecule has 8 nitrogen and oxygen atoms in total. The molecule has 0 bridgehead atoms. The highest BCUT2D eigenvalue weighted by molar-refractivity contribution is 7.09. The zero-order chi connectivity index (χ0) is 23.8. The molecule has 1 aliphatic carbocycles. The Labute approximate surface area is 207 Å². The van der Waals surface area contributed by atoms with Crippen LogP contribution in [0.4, 0.5) is 5.69 Å². The molecule has 4 aromatic rings. The molecule has 1 aliphatic heterocycles. The number of thiazole rings is 1. The molecule has 35 heavy (non-hydrogen) atoms. The van der Waals surface area contributed by atoms with Crippen molar-refractivity contribution in [2.24, 2.45) is 0 Å². The summed E-state index contributed by atoms with van der Waals surface area (Å²) in [6.07, 6.45) is 7.19. The predicted octanol–water partition coefficient (Wildman–Crippen LogP) is 4.34. The highest BCUT2D eigenvalue weighted by Gasteiger charge is 2.45. The standard InChI is InChI=1S/C26H26N6O2S/c33-24(17-31-22-13-7-5-11-20(22)28-29-31)30(16-23-27-14-15-35-23)25-19-10-4-6-12-21(19)32(26(25)34)18-8-2-1-3-9-18/h4-7,10-15,18,25H,1-3,8-9,16-17H2. The van der Waals surface area contributed by atoms with Gasteiger partial charge in [0.15, 0.2) is 0 Å². The van der Waals surface area contributed by atoms with E-state index in [0.29, 0.717) is 0 Å². The van der Waals surface area contributed by atoms with Gasteiger partial charge in [-0.2, -0.15) is 0 Å². The fraction of sp³-hybridized carbons (Fsp3) is 0.346. The van der Waals surface area contributed by atoms with Gasteiger partial charge >= 0.3 is 0 Å². The summed E-state index contributed by atoms with van der Waals surface area (Å²) in [5.41, 5.74) is 3.34. The number of anilines is 1. The van der Waals surface area contributed by atoms with E-state index in [4.69, 9.17) is 0 Å². The SMILES string of the molecule is O=C(Cn1nnc2ccccc21)N(Cc1nccs1)C1C(=O)N(C2CCCCC2)c2ccccc21. The maximum atomic E-state index is 14.0. The van der Waals surface area contributed by atoms with E-state index >= 15 is 0 Å². The van der Waals surface area contributed by atoms with Crippen LogP contribution in [0.2, 0.25) is 0 Å². The first kappa shape index (κ1) is 21.9. The van der Waals surface area contributed by atoms with Crippen LogP contribution in [0.15, 0.2) is 60.1 Å². The molecule has 3 heterocycles. The summed E-state index contributed by atoms with van der Waals surface area (Å²) in [6, 6.07) is 15.0. The third-order valence-corrected chi connectivity index (χ3v) is 7.79. The van der Waals surface area contributed by atoms with Gasteiger partial charge in [-0.25, -0.2) is 9.67 Å². The van der Waals surface area contributed by atoms with Crippen molar-refractivity contribution in [2.45, 2.75) is 57.3 Å². The maximum absolute atomic E-state index is 14.0. The zero-order valence-corrected chi connectivity index (χ0v) is 20.1. The van der Waals surface area contributed by atoms with Crippen LogP contribution >= 0.6 is 11.3 Å². The van der Waals surface area contributed by atoms with Crippen molar-refractivity contribution in [3.63, 3.8) is 0 Å². The summed E-state index contributed by atoms with van der Waals surface area (Å²) < 4.78 is 1.61. The summed E-state index contributed by atoms with van der Waals surface area (Å²) in [7, 11) is 0. The van der Waals surface area contributed by atoms with Crippen LogP contribution in [0.5, 0.6) is 0 Å². The van der Waals surface area contributed by atoms with Crippen LogP contribution in [0.25, 0.3) is 11.0 Å². The van der Waals surface area contributed by atoms with E-state index in [1.807, 2.05) is 58.8 Å². The molecule has 9 heteroatoms. The molecule has 6 rings (SSSR count). The lowest BCUT2D eigenvalue weighted by Crippen LogP contribution is -2.45. The number of para-hydroxylation sites is 2. The molecule has 2 amide bonds. The van der Waals surface area contributed by atoms with Gasteiger partial charge in [-0.3, -0.25) is 9.59 Å². The molecule has 2 aromatic carbocycles. The average molecular weight is 487 g/mol. The highest BCUT2D eigenvalue weighted by Crippen LogP contribution is 2.43. The summed E-state index contributed by atoms with van der Waals surface area (Å²) in [6.45, 7) is 0.271. The smallest absolute Gasteiger partial charge is 0.254 e. The monoisotopic (exact) mass is 486 g/mol. The molecular formula is C26H26N6O2S. The van der Waals surface area contributed by atoms with Crippen molar-refractivity contribution in [3.8, 4) is 0 Å². The molecule has 0 N–H and O–H groups in total. The summed E-state index contributed by atoms with van der Waals surface area (Å²) in [5.74, 6) is -0.207. The van der Waals surface area contributed by atoms with Gasteiger partial charge in [-0.1, -0.05) is 54.8 Å². The average Bonchev–Trinajstić information content (AvgIpc) is 3.61. The fourth-order valence-electron chi connectivity index (χ4n) is 5.39. The number of carbonyl (C=O) groups is 2. The Balaban J connectivity index is 1.37. The summed E-state index contributed by atoms with van der Waals surface area (Å²) >= 11 is 1.48. The van der Waals surface area contributed by atoms with E-state index < -0.39 is 6.04 Å². The number of nitrogens with zero attached hydrogens (tertiary/aromatic N) is 6. The molecule has 0 saturated heterocycles. The number of benzene rings is 2. The quantitative estimate of drug-likeness (QED) is 0.405. The minimum atomic E-state index is -0.681. The van der Waals surface area contributed by atoms with E-state index in [-0.39, 0.29) is 30.9 Å². The van der Waals surface area contributed by atoms with Crippen molar-refractivity contribution in [1.29, 1.82) is 0 Å². The van der Waals surface area contributed by atoms with Gasteiger partial charge in [0.2, 0.25) is 5.91 Å². The largest absolute Gasteiger partial charge is 0.318 e. The van der Waals surface area contributed by atoms with E-state index in [2.05, 4.69) is 15.3 Å². The van der Waals surface area contributed by atoms with Gasteiger partial charge in [0.25, 0.3) is 5.91 Å². The number of amides is 2. The Morgan fingerprint density at radius 2 is 1.86 bits per heavy atom. The van der Waals surface area contributed by atoms with Crippen molar-refractivity contribution >= 4 is 39.9 Å². The van der Waals surface area contributed by atoms with Gasteiger partial charge in [0, 0.05) is 28.9 Å². The van der Waals surface area contributed by atoms with Crippen LogP contribution in [0, 0.1) is 0 Å². The molecule has 1 saturated carbocycles. The maximum Gasteiger partial charge on any atom is 0.254 e. The number of hydrogen-bond acceptors (Lipinski definition) is 6. The predicted molar refractivity (Wildman–Crippen MR) is 134 cm³/mol. The van der Waals surface area contributed by atoms with E-state index in [9.17, 15) is 9.59 Å². The third-order valence-electron chi connectivity index (χ3n) is 7.03. The van der Waals surface area contributed by atoms with Crippen LogP contribution in [-0.4, -0.2) is 42.7 Å². The second-order valence-electron chi connectivity index (χ2n) is 9.14. The Bertz CT molecular complexity index is 1360. The highest BCUT2D eigenvalue weighted by atomic mass is 32.1. The van der Waals surface area contributed by atoms with E-state index in [0.717, 1.165) is 53.0 Å². The van der Waals surface area contributed by atoms with Crippen LogP contribution in [0.1, 0.15) is 48.7 Å². The summed E-state index contributed by atoms with van der Waals surface area (Å²) in [5, 5.41) is 11.1. The first-order chi connectivity index (χ1) is 17.2. The molecular weight excluding hydrogens is 460 g/mol. The van der Waals surface area contributed by atoms with Gasteiger partial charge in [0.05, 0.1) is 12.1 Å². The molecule has 0 radical (unpaired) electrons.